The molecule has 3 rings (SSSR count). The van der Waals surface area contributed by atoms with Crippen molar-refractivity contribution < 1.29 is 19.1 Å². The van der Waals surface area contributed by atoms with Gasteiger partial charge < -0.3 is 4.74 Å². The van der Waals surface area contributed by atoms with Crippen LogP contribution >= 0.6 is 0 Å². The molecule has 1 atom stereocenters. The van der Waals surface area contributed by atoms with E-state index < -0.39 is 23.7 Å². The maximum absolute atomic E-state index is 12.9. The number of nitrogens with zero attached hydrogens (tertiary/aromatic N) is 3. The molecular weight excluding hydrogens is 322 g/mol. The fraction of sp³-hybridized carbons (Fsp3) is 0.167. The van der Waals surface area contributed by atoms with Crippen molar-refractivity contribution in [3.8, 4) is 0 Å². The van der Waals surface area contributed by atoms with Crippen molar-refractivity contribution >= 4 is 29.8 Å². The normalized spacial score (nSPS) is 16.8. The highest BCUT2D eigenvalue weighted by Crippen LogP contribution is 2.30. The fourth-order valence-electron chi connectivity index (χ4n) is 2.60. The second kappa shape index (κ2) is 7.04. The van der Waals surface area contributed by atoms with Gasteiger partial charge in [-0.1, -0.05) is 24.3 Å². The lowest BCUT2D eigenvalue weighted by Gasteiger charge is -2.30. The third kappa shape index (κ3) is 3.16. The van der Waals surface area contributed by atoms with Crippen LogP contribution < -0.4 is 4.90 Å². The van der Waals surface area contributed by atoms with Gasteiger partial charge in [-0.2, -0.15) is 0 Å². The van der Waals surface area contributed by atoms with E-state index in [1.807, 2.05) is 0 Å². The molecule has 25 heavy (non-hydrogen) atoms. The highest BCUT2D eigenvalue weighted by Gasteiger charge is 2.39. The Hall–Kier alpha value is -3.35. The number of pyridine rings is 1. The molecule has 0 spiro atoms. The molecule has 7 nitrogen and oxygen atoms in total. The Morgan fingerprint density at radius 2 is 2.00 bits per heavy atom. The number of rotatable bonds is 4. The second-order valence-electron chi connectivity index (χ2n) is 5.30. The molecule has 0 saturated carbocycles. The maximum atomic E-state index is 12.9. The number of aromatic nitrogens is 1. The molecule has 1 unspecified atom stereocenters. The van der Waals surface area contributed by atoms with Crippen molar-refractivity contribution in [3.05, 3.63) is 59.8 Å². The molecule has 2 amide bonds. The fourth-order valence-corrected chi connectivity index (χ4v) is 2.60. The number of ether oxygens (including phenoxy) is 1. The summed E-state index contributed by atoms with van der Waals surface area (Å²) in [5.74, 6) is -1.93. The number of carbonyl (C=O) groups is 3. The molecule has 0 radical (unpaired) electrons. The van der Waals surface area contributed by atoms with Gasteiger partial charge in [0.15, 0.2) is 0 Å². The maximum Gasteiger partial charge on any atom is 0.327 e. The van der Waals surface area contributed by atoms with Crippen molar-refractivity contribution in [1.29, 1.82) is 0 Å². The minimum absolute atomic E-state index is 0.194. The lowest BCUT2D eigenvalue weighted by atomic mass is 9.89. The minimum Gasteiger partial charge on any atom is -0.468 e. The molecule has 126 valence electrons. The average Bonchev–Trinajstić information content (AvgIpc) is 2.65. The predicted octanol–water partition coefficient (Wildman–Crippen LogP) is 1.60. The van der Waals surface area contributed by atoms with Crippen LogP contribution in [-0.4, -0.2) is 42.6 Å². The number of aliphatic imine (C=N–C) groups is 1. The second-order valence-corrected chi connectivity index (χ2v) is 5.30. The first kappa shape index (κ1) is 16.5. The molecule has 1 aliphatic rings. The molecule has 7 heteroatoms. The van der Waals surface area contributed by atoms with Crippen LogP contribution in [-0.2, 0) is 14.3 Å². The Balaban J connectivity index is 2.02. The van der Waals surface area contributed by atoms with E-state index in [9.17, 15) is 14.4 Å². The zero-order valence-electron chi connectivity index (χ0n) is 13.5. The van der Waals surface area contributed by atoms with Gasteiger partial charge in [0, 0.05) is 18.0 Å². The van der Waals surface area contributed by atoms with Crippen LogP contribution in [0.4, 0.5) is 5.82 Å². The van der Waals surface area contributed by atoms with Gasteiger partial charge in [-0.3, -0.25) is 19.4 Å². The Labute approximate surface area is 144 Å². The van der Waals surface area contributed by atoms with Crippen LogP contribution in [0.3, 0.4) is 0 Å². The van der Waals surface area contributed by atoms with Gasteiger partial charge >= 0.3 is 5.97 Å². The molecule has 1 aromatic carbocycles. The van der Waals surface area contributed by atoms with E-state index in [0.29, 0.717) is 11.1 Å². The number of methoxy groups -OCH3 is 1. The van der Waals surface area contributed by atoms with E-state index in [-0.39, 0.29) is 12.4 Å². The van der Waals surface area contributed by atoms with Gasteiger partial charge in [-0.15, -0.1) is 0 Å². The number of fused-ring (bicyclic) bond motifs is 1. The summed E-state index contributed by atoms with van der Waals surface area (Å²) in [4.78, 5) is 46.0. The largest absolute Gasteiger partial charge is 0.468 e. The van der Waals surface area contributed by atoms with Crippen molar-refractivity contribution in [1.82, 2.24) is 4.98 Å². The monoisotopic (exact) mass is 337 g/mol. The summed E-state index contributed by atoms with van der Waals surface area (Å²) in [5, 5.41) is 0. The summed E-state index contributed by atoms with van der Waals surface area (Å²) in [6.45, 7) is -0.194. The quantitative estimate of drug-likeness (QED) is 0.480. The van der Waals surface area contributed by atoms with Gasteiger partial charge in [0.2, 0.25) is 5.91 Å². The van der Waals surface area contributed by atoms with Gasteiger partial charge in [-0.05, 0) is 23.8 Å². The zero-order chi connectivity index (χ0) is 17.8. The van der Waals surface area contributed by atoms with Crippen LogP contribution in [0.2, 0.25) is 0 Å². The molecular formula is C18H15N3O4. The standard InChI is InChI=1S/C18H15N3O4/c1-25-16(22)11-19-10-14-12-6-2-3-7-13(12)17(23)21(18(14)24)15-8-4-5-9-20-15/h2-10,14H,11H2,1H3. The van der Waals surface area contributed by atoms with E-state index in [4.69, 9.17) is 0 Å². The third-order valence-corrected chi connectivity index (χ3v) is 3.80. The lowest BCUT2D eigenvalue weighted by molar-refractivity contribution is -0.138. The Morgan fingerprint density at radius 1 is 1.24 bits per heavy atom. The SMILES string of the molecule is COC(=O)CN=CC1C(=O)N(c2ccccn2)C(=O)c2ccccc21. The number of carbonyl (C=O) groups excluding carboxylic acids is 3. The van der Waals surface area contributed by atoms with Crippen LogP contribution in [0.25, 0.3) is 0 Å². The summed E-state index contributed by atoms with van der Waals surface area (Å²) in [6, 6.07) is 11.8. The summed E-state index contributed by atoms with van der Waals surface area (Å²) in [6.07, 6.45) is 2.89. The van der Waals surface area contributed by atoms with Gasteiger partial charge in [0.05, 0.1) is 13.0 Å². The number of benzene rings is 1. The summed E-state index contributed by atoms with van der Waals surface area (Å²) >= 11 is 0. The molecule has 1 aromatic heterocycles. The Bertz CT molecular complexity index is 848. The Kier molecular flexibility index (Phi) is 4.65. The summed E-state index contributed by atoms with van der Waals surface area (Å²) in [7, 11) is 1.26. The van der Waals surface area contributed by atoms with E-state index in [2.05, 4.69) is 14.7 Å². The van der Waals surface area contributed by atoms with Gasteiger partial charge in [0.1, 0.15) is 12.4 Å². The highest BCUT2D eigenvalue weighted by atomic mass is 16.5. The van der Waals surface area contributed by atoms with E-state index in [1.165, 1.54) is 19.5 Å². The van der Waals surface area contributed by atoms with Gasteiger partial charge in [0.25, 0.3) is 5.91 Å². The van der Waals surface area contributed by atoms with Crippen LogP contribution in [0.1, 0.15) is 21.8 Å². The van der Waals surface area contributed by atoms with E-state index in [0.717, 1.165) is 4.90 Å². The first-order chi connectivity index (χ1) is 12.1. The molecule has 0 bridgehead atoms. The number of imide groups is 1. The van der Waals surface area contributed by atoms with Crippen molar-refractivity contribution in [3.63, 3.8) is 0 Å². The Morgan fingerprint density at radius 3 is 2.72 bits per heavy atom. The topological polar surface area (TPSA) is 88.9 Å². The van der Waals surface area contributed by atoms with Crippen molar-refractivity contribution in [2.75, 3.05) is 18.6 Å². The molecule has 0 N–H and O–H groups in total. The molecule has 0 aliphatic carbocycles. The average molecular weight is 337 g/mol. The third-order valence-electron chi connectivity index (χ3n) is 3.80. The molecule has 2 aromatic rings. The van der Waals surface area contributed by atoms with E-state index >= 15 is 0 Å². The number of hydrogen-bond donors (Lipinski definition) is 0. The number of esters is 1. The highest BCUT2D eigenvalue weighted by molar-refractivity contribution is 6.28. The number of amides is 2. The zero-order valence-corrected chi connectivity index (χ0v) is 13.5. The summed E-state index contributed by atoms with van der Waals surface area (Å²) < 4.78 is 4.53. The molecule has 1 aliphatic heterocycles. The summed E-state index contributed by atoms with van der Waals surface area (Å²) in [5.41, 5.74) is 0.959. The lowest BCUT2D eigenvalue weighted by Crippen LogP contribution is -2.46. The van der Waals surface area contributed by atoms with Crippen molar-refractivity contribution in [2.24, 2.45) is 4.99 Å². The molecule has 2 heterocycles. The number of anilines is 1. The predicted molar refractivity (Wildman–Crippen MR) is 90.6 cm³/mol. The van der Waals surface area contributed by atoms with Crippen LogP contribution in [0.15, 0.2) is 53.7 Å². The van der Waals surface area contributed by atoms with E-state index in [1.54, 1.807) is 42.5 Å². The first-order valence-corrected chi connectivity index (χ1v) is 7.58. The number of hydrogen-bond acceptors (Lipinski definition) is 6. The van der Waals surface area contributed by atoms with Crippen LogP contribution in [0, 0.1) is 0 Å². The smallest absolute Gasteiger partial charge is 0.327 e. The molecule has 0 fully saturated rings. The van der Waals surface area contributed by atoms with Crippen molar-refractivity contribution in [2.45, 2.75) is 5.92 Å². The first-order valence-electron chi connectivity index (χ1n) is 7.58. The van der Waals surface area contributed by atoms with Crippen LogP contribution in [0.5, 0.6) is 0 Å². The minimum atomic E-state index is -0.777. The van der Waals surface area contributed by atoms with Gasteiger partial charge in [-0.25, -0.2) is 9.88 Å². The molecule has 0 saturated heterocycles.